The van der Waals surface area contributed by atoms with Crippen LogP contribution in [0.3, 0.4) is 0 Å². The molecule has 5 aromatic carbocycles. The summed E-state index contributed by atoms with van der Waals surface area (Å²) in [5.41, 5.74) is 10.7. The van der Waals surface area contributed by atoms with E-state index in [1.165, 1.54) is 27.8 Å². The Morgan fingerprint density at radius 1 is 0.488 bits per heavy atom. The number of ether oxygens (including phenoxy) is 2. The summed E-state index contributed by atoms with van der Waals surface area (Å²) in [5, 5.41) is 0. The SMILES string of the molecule is Cc1cc(-c2ccccc2)cc2c1OC[N+](c1ccccc1)=C2.Cc1cc(C)c2c(c1)C=[N+](c1ccccc1)CO2. The first-order valence-corrected chi connectivity index (χ1v) is 14.0. The van der Waals surface area contributed by atoms with Gasteiger partial charge in [-0.3, -0.25) is 0 Å². The summed E-state index contributed by atoms with van der Waals surface area (Å²) in [6.45, 7) is 7.43. The van der Waals surface area contributed by atoms with E-state index in [-0.39, 0.29) is 0 Å². The Morgan fingerprint density at radius 3 is 1.49 bits per heavy atom. The molecule has 7 rings (SSSR count). The van der Waals surface area contributed by atoms with Crippen molar-refractivity contribution in [3.8, 4) is 22.6 Å². The zero-order valence-corrected chi connectivity index (χ0v) is 23.7. The highest BCUT2D eigenvalue weighted by Crippen LogP contribution is 2.32. The van der Waals surface area contributed by atoms with E-state index in [0.29, 0.717) is 13.5 Å². The summed E-state index contributed by atoms with van der Waals surface area (Å²) in [7, 11) is 0. The van der Waals surface area contributed by atoms with E-state index >= 15 is 0 Å². The van der Waals surface area contributed by atoms with Crippen molar-refractivity contribution in [1.82, 2.24) is 0 Å². The predicted octanol–water partition coefficient (Wildman–Crippen LogP) is 8.19. The number of aryl methyl sites for hydroxylation is 3. The van der Waals surface area contributed by atoms with Crippen molar-refractivity contribution < 1.29 is 18.6 Å². The predicted molar refractivity (Wildman–Crippen MR) is 167 cm³/mol. The number of fused-ring (bicyclic) bond motifs is 2. The summed E-state index contributed by atoms with van der Waals surface area (Å²) < 4.78 is 16.1. The van der Waals surface area contributed by atoms with Gasteiger partial charge in [-0.1, -0.05) is 72.8 Å². The van der Waals surface area contributed by atoms with Gasteiger partial charge in [0.15, 0.2) is 12.4 Å². The monoisotopic (exact) mass is 538 g/mol. The maximum absolute atomic E-state index is 6.01. The molecule has 0 aromatic heterocycles. The van der Waals surface area contributed by atoms with Crippen LogP contribution in [0.5, 0.6) is 11.5 Å². The lowest BCUT2D eigenvalue weighted by molar-refractivity contribution is -0.476. The Bertz CT molecular complexity index is 1740. The molecule has 202 valence electrons. The van der Waals surface area contributed by atoms with Crippen LogP contribution < -0.4 is 9.47 Å². The van der Waals surface area contributed by atoms with Gasteiger partial charge in [0.2, 0.25) is 11.4 Å². The molecule has 0 atom stereocenters. The third-order valence-electron chi connectivity index (χ3n) is 7.32. The molecule has 0 N–H and O–H groups in total. The van der Waals surface area contributed by atoms with Crippen LogP contribution in [0.2, 0.25) is 0 Å². The number of para-hydroxylation sites is 2. The second-order valence-electron chi connectivity index (χ2n) is 10.5. The molecule has 0 radical (unpaired) electrons. The Kier molecular flexibility index (Phi) is 7.46. The lowest BCUT2D eigenvalue weighted by atomic mass is 9.99. The van der Waals surface area contributed by atoms with Crippen LogP contribution in [-0.2, 0) is 0 Å². The minimum Gasteiger partial charge on any atom is -0.435 e. The van der Waals surface area contributed by atoms with Crippen molar-refractivity contribution in [1.29, 1.82) is 0 Å². The Balaban J connectivity index is 0.000000152. The first-order valence-electron chi connectivity index (χ1n) is 14.0. The van der Waals surface area contributed by atoms with Crippen LogP contribution >= 0.6 is 0 Å². The summed E-state index contributed by atoms with van der Waals surface area (Å²) in [5.74, 6) is 1.99. The topological polar surface area (TPSA) is 24.5 Å². The van der Waals surface area contributed by atoms with Crippen molar-refractivity contribution in [2.45, 2.75) is 20.8 Å². The average Bonchev–Trinajstić information content (AvgIpc) is 3.02. The van der Waals surface area contributed by atoms with Crippen molar-refractivity contribution in [2.75, 3.05) is 13.5 Å². The van der Waals surface area contributed by atoms with Gasteiger partial charge >= 0.3 is 0 Å². The third-order valence-corrected chi connectivity index (χ3v) is 7.32. The van der Waals surface area contributed by atoms with E-state index in [1.54, 1.807) is 0 Å². The number of rotatable bonds is 3. The summed E-state index contributed by atoms with van der Waals surface area (Å²) >= 11 is 0. The minimum absolute atomic E-state index is 0.544. The van der Waals surface area contributed by atoms with Gasteiger partial charge in [-0.25, -0.2) is 0 Å². The Hall–Kier alpha value is -4.96. The highest BCUT2D eigenvalue weighted by Gasteiger charge is 2.22. The molecule has 2 heterocycles. The van der Waals surface area contributed by atoms with Crippen LogP contribution in [0.15, 0.2) is 115 Å². The van der Waals surface area contributed by atoms with Gasteiger partial charge < -0.3 is 9.47 Å². The third kappa shape index (κ3) is 5.82. The molecular weight excluding hydrogens is 504 g/mol. The van der Waals surface area contributed by atoms with Gasteiger partial charge in [-0.2, -0.15) is 9.15 Å². The zero-order valence-electron chi connectivity index (χ0n) is 23.7. The average molecular weight is 539 g/mol. The van der Waals surface area contributed by atoms with E-state index in [4.69, 9.17) is 9.47 Å². The second-order valence-corrected chi connectivity index (χ2v) is 10.5. The lowest BCUT2D eigenvalue weighted by Gasteiger charge is -2.17. The molecule has 0 saturated carbocycles. The molecule has 0 amide bonds. The van der Waals surface area contributed by atoms with Crippen molar-refractivity contribution in [3.63, 3.8) is 0 Å². The van der Waals surface area contributed by atoms with Gasteiger partial charge in [-0.05, 0) is 66.8 Å². The number of nitrogens with zero attached hydrogens (tertiary/aromatic N) is 2. The van der Waals surface area contributed by atoms with Crippen LogP contribution in [-0.4, -0.2) is 35.0 Å². The Morgan fingerprint density at radius 2 is 0.951 bits per heavy atom. The van der Waals surface area contributed by atoms with E-state index in [2.05, 4.69) is 115 Å². The molecule has 4 heteroatoms. The highest BCUT2D eigenvalue weighted by molar-refractivity contribution is 5.86. The number of hydrogen-bond donors (Lipinski definition) is 0. The van der Waals surface area contributed by atoms with Gasteiger partial charge in [0.05, 0.1) is 11.1 Å². The van der Waals surface area contributed by atoms with Crippen LogP contribution in [0.1, 0.15) is 27.8 Å². The van der Waals surface area contributed by atoms with Gasteiger partial charge in [0, 0.05) is 24.3 Å². The van der Waals surface area contributed by atoms with Gasteiger partial charge in [0.25, 0.3) is 13.5 Å². The lowest BCUT2D eigenvalue weighted by Crippen LogP contribution is -2.21. The molecule has 0 spiro atoms. The number of hydrogen-bond acceptors (Lipinski definition) is 2. The fraction of sp³-hybridized carbons (Fsp3) is 0.135. The zero-order chi connectivity index (χ0) is 28.2. The first kappa shape index (κ1) is 26.3. The highest BCUT2D eigenvalue weighted by atomic mass is 16.5. The molecular formula is C37H34N2O2+2. The molecule has 4 nitrogen and oxygen atoms in total. The summed E-state index contributed by atoms with van der Waals surface area (Å²) in [4.78, 5) is 0. The molecule has 0 aliphatic carbocycles. The molecule has 0 bridgehead atoms. The van der Waals surface area contributed by atoms with Crippen molar-refractivity contribution >= 4 is 23.8 Å². The summed E-state index contributed by atoms with van der Waals surface area (Å²) in [6.07, 6.45) is 4.34. The van der Waals surface area contributed by atoms with Crippen LogP contribution in [0.4, 0.5) is 11.4 Å². The molecule has 0 fully saturated rings. The van der Waals surface area contributed by atoms with Gasteiger partial charge in [-0.15, -0.1) is 0 Å². The van der Waals surface area contributed by atoms with E-state index in [1.807, 2.05) is 42.5 Å². The summed E-state index contributed by atoms with van der Waals surface area (Å²) in [6, 6.07) is 39.8. The number of benzene rings is 5. The molecule has 2 aliphatic heterocycles. The molecule has 5 aromatic rings. The van der Waals surface area contributed by atoms with E-state index in [0.717, 1.165) is 34.0 Å². The van der Waals surface area contributed by atoms with Crippen LogP contribution in [0.25, 0.3) is 11.1 Å². The smallest absolute Gasteiger partial charge is 0.292 e. The molecule has 41 heavy (non-hydrogen) atoms. The fourth-order valence-electron chi connectivity index (χ4n) is 5.39. The van der Waals surface area contributed by atoms with Crippen molar-refractivity contribution in [3.05, 3.63) is 143 Å². The quantitative estimate of drug-likeness (QED) is 0.216. The van der Waals surface area contributed by atoms with E-state index < -0.39 is 0 Å². The standard InChI is InChI=1S/C21H18NO.C16H16NO/c1-16-12-18(17-8-4-2-5-9-17)13-19-14-22(15-23-21(16)19)20-10-6-3-7-11-20;1-12-8-13(2)16-14(9-12)10-17(11-18-16)15-6-4-3-5-7-15/h2-14H,15H2,1H3;3-10H,11H2,1-2H3/q2*+1. The minimum atomic E-state index is 0.544. The maximum atomic E-state index is 6.01. The second kappa shape index (κ2) is 11.6. The largest absolute Gasteiger partial charge is 0.435 e. The van der Waals surface area contributed by atoms with Crippen LogP contribution in [0, 0.1) is 20.8 Å². The normalized spacial score (nSPS) is 13.2. The molecule has 2 aliphatic rings. The molecule has 0 saturated heterocycles. The Labute approximate surface area is 242 Å². The fourth-order valence-corrected chi connectivity index (χ4v) is 5.39. The van der Waals surface area contributed by atoms with Gasteiger partial charge in [0.1, 0.15) is 11.5 Å². The molecule has 0 unspecified atom stereocenters. The first-order chi connectivity index (χ1) is 20.0. The van der Waals surface area contributed by atoms with E-state index in [9.17, 15) is 0 Å². The van der Waals surface area contributed by atoms with Crippen molar-refractivity contribution in [2.24, 2.45) is 0 Å². The maximum Gasteiger partial charge on any atom is 0.292 e.